The van der Waals surface area contributed by atoms with Crippen molar-refractivity contribution in [2.24, 2.45) is 5.92 Å². The van der Waals surface area contributed by atoms with E-state index in [0.717, 1.165) is 25.1 Å². The highest BCUT2D eigenvalue weighted by atomic mass is 16.2. The zero-order chi connectivity index (χ0) is 17.9. The van der Waals surface area contributed by atoms with E-state index in [4.69, 9.17) is 0 Å². The minimum Gasteiger partial charge on any atom is -0.274 e. The smallest absolute Gasteiger partial charge is 0.256 e. The minimum atomic E-state index is -0.816. The molecule has 3 atom stereocenters. The Labute approximate surface area is 152 Å². The van der Waals surface area contributed by atoms with Crippen LogP contribution in [-0.4, -0.2) is 40.5 Å². The van der Waals surface area contributed by atoms with Gasteiger partial charge in [0.15, 0.2) is 0 Å². The molecule has 0 spiro atoms. The van der Waals surface area contributed by atoms with Crippen LogP contribution in [0.2, 0.25) is 0 Å². The Morgan fingerprint density at radius 2 is 1.58 bits per heavy atom. The van der Waals surface area contributed by atoms with Gasteiger partial charge in [-0.05, 0) is 31.0 Å². The van der Waals surface area contributed by atoms with Gasteiger partial charge in [-0.2, -0.15) is 0 Å². The number of fused-ring (bicyclic) bond motifs is 3. The molecule has 0 aliphatic carbocycles. The van der Waals surface area contributed by atoms with Crippen LogP contribution >= 0.6 is 0 Å². The normalized spacial score (nSPS) is 31.5. The van der Waals surface area contributed by atoms with Gasteiger partial charge in [-0.3, -0.25) is 9.59 Å². The van der Waals surface area contributed by atoms with Gasteiger partial charge in [0, 0.05) is 13.1 Å². The Morgan fingerprint density at radius 1 is 0.923 bits per heavy atom. The molecular weight excluding hydrogens is 326 g/mol. The highest BCUT2D eigenvalue weighted by molar-refractivity contribution is 6.25. The summed E-state index contributed by atoms with van der Waals surface area (Å²) in [5, 5.41) is 4.40. The Hall–Kier alpha value is -2.50. The maximum Gasteiger partial charge on any atom is 0.256 e. The van der Waals surface area contributed by atoms with E-state index in [1.807, 2.05) is 55.5 Å². The predicted molar refractivity (Wildman–Crippen MR) is 98.0 cm³/mol. The van der Waals surface area contributed by atoms with Gasteiger partial charge in [-0.15, -0.1) is 0 Å². The molecule has 0 radical (unpaired) electrons. The molecule has 0 N–H and O–H groups in total. The quantitative estimate of drug-likeness (QED) is 0.784. The second-order valence-corrected chi connectivity index (χ2v) is 7.43. The number of benzene rings is 2. The molecule has 5 heteroatoms. The van der Waals surface area contributed by atoms with Crippen LogP contribution in [0.5, 0.6) is 0 Å². The van der Waals surface area contributed by atoms with Gasteiger partial charge in [0.1, 0.15) is 5.54 Å². The number of amides is 2. The lowest BCUT2D eigenvalue weighted by Gasteiger charge is -2.33. The van der Waals surface area contributed by atoms with E-state index in [1.54, 1.807) is 0 Å². The molecule has 0 saturated carbocycles. The number of hydrogen-bond acceptors (Lipinski definition) is 4. The molecule has 3 fully saturated rings. The van der Waals surface area contributed by atoms with E-state index in [-0.39, 0.29) is 17.9 Å². The summed E-state index contributed by atoms with van der Waals surface area (Å²) in [6.45, 7) is 3.65. The van der Waals surface area contributed by atoms with Gasteiger partial charge in [0.05, 0.1) is 17.6 Å². The van der Waals surface area contributed by atoms with Crippen molar-refractivity contribution in [2.45, 2.75) is 24.9 Å². The summed E-state index contributed by atoms with van der Waals surface area (Å²) in [4.78, 5) is 28.3. The molecule has 3 aliphatic rings. The summed E-state index contributed by atoms with van der Waals surface area (Å²) < 4.78 is 0. The zero-order valence-electron chi connectivity index (χ0n) is 14.7. The number of rotatable bonds is 2. The first kappa shape index (κ1) is 15.7. The van der Waals surface area contributed by atoms with E-state index in [2.05, 4.69) is 22.2 Å². The van der Waals surface area contributed by atoms with Crippen LogP contribution in [0.4, 0.5) is 5.69 Å². The summed E-state index contributed by atoms with van der Waals surface area (Å²) in [7, 11) is 0. The largest absolute Gasteiger partial charge is 0.274 e. The van der Waals surface area contributed by atoms with Crippen LogP contribution in [0.1, 0.15) is 24.9 Å². The number of carbonyl (C=O) groups excluding carboxylic acids is 2. The van der Waals surface area contributed by atoms with E-state index in [0.29, 0.717) is 5.69 Å². The zero-order valence-corrected chi connectivity index (χ0v) is 14.7. The van der Waals surface area contributed by atoms with Gasteiger partial charge in [-0.1, -0.05) is 48.5 Å². The number of nitrogens with zero attached hydrogens (tertiary/aromatic N) is 3. The Kier molecular flexibility index (Phi) is 3.33. The lowest BCUT2D eigenvalue weighted by atomic mass is 9.81. The fourth-order valence-electron chi connectivity index (χ4n) is 4.98. The van der Waals surface area contributed by atoms with Gasteiger partial charge >= 0.3 is 0 Å². The summed E-state index contributed by atoms with van der Waals surface area (Å²) >= 11 is 0. The molecule has 2 aromatic carbocycles. The van der Waals surface area contributed by atoms with Crippen LogP contribution < -0.4 is 4.90 Å². The highest BCUT2D eigenvalue weighted by Crippen LogP contribution is 2.54. The molecule has 5 nitrogen and oxygen atoms in total. The van der Waals surface area contributed by atoms with Crippen molar-refractivity contribution in [3.8, 4) is 0 Å². The van der Waals surface area contributed by atoms with Crippen molar-refractivity contribution < 1.29 is 9.59 Å². The number of para-hydroxylation sites is 1. The molecule has 5 rings (SSSR count). The molecule has 132 valence electrons. The Balaban J connectivity index is 1.65. The molecule has 0 aromatic heterocycles. The lowest BCUT2D eigenvalue weighted by Crippen LogP contribution is -2.52. The Bertz CT molecular complexity index is 869. The fourth-order valence-corrected chi connectivity index (χ4v) is 4.98. The van der Waals surface area contributed by atoms with E-state index >= 15 is 0 Å². The van der Waals surface area contributed by atoms with Crippen molar-refractivity contribution in [3.63, 3.8) is 0 Å². The van der Waals surface area contributed by atoms with Crippen molar-refractivity contribution in [3.05, 3.63) is 66.2 Å². The van der Waals surface area contributed by atoms with Crippen LogP contribution in [-0.2, 0) is 9.59 Å². The summed E-state index contributed by atoms with van der Waals surface area (Å²) in [6.07, 6.45) is 1.01. The van der Waals surface area contributed by atoms with E-state index in [1.165, 1.54) is 4.90 Å². The molecule has 3 aliphatic heterocycles. The van der Waals surface area contributed by atoms with Crippen molar-refractivity contribution in [1.82, 2.24) is 10.0 Å². The van der Waals surface area contributed by atoms with Crippen LogP contribution in [0.25, 0.3) is 0 Å². The second kappa shape index (κ2) is 5.50. The maximum atomic E-state index is 13.5. The maximum absolute atomic E-state index is 13.5. The highest BCUT2D eigenvalue weighted by Gasteiger charge is 2.70. The van der Waals surface area contributed by atoms with Gasteiger partial charge in [0.2, 0.25) is 5.91 Å². The van der Waals surface area contributed by atoms with Crippen molar-refractivity contribution in [2.75, 3.05) is 18.0 Å². The van der Waals surface area contributed by atoms with Crippen LogP contribution in [0, 0.1) is 5.92 Å². The van der Waals surface area contributed by atoms with E-state index < -0.39 is 11.5 Å². The summed E-state index contributed by atoms with van der Waals surface area (Å²) in [6, 6.07) is 19.3. The molecule has 0 unspecified atom stereocenters. The molecule has 2 amide bonds. The van der Waals surface area contributed by atoms with Gasteiger partial charge in [-0.25, -0.2) is 14.9 Å². The van der Waals surface area contributed by atoms with E-state index in [9.17, 15) is 9.59 Å². The van der Waals surface area contributed by atoms with Crippen LogP contribution in [0.3, 0.4) is 0 Å². The summed E-state index contributed by atoms with van der Waals surface area (Å²) in [5.74, 6) is -0.589. The minimum absolute atomic E-state index is 0.0890. The second-order valence-electron chi connectivity index (χ2n) is 7.43. The van der Waals surface area contributed by atoms with Crippen LogP contribution in [0.15, 0.2) is 60.7 Å². The molecule has 2 aromatic rings. The number of carbonyl (C=O) groups is 2. The number of hydrogen-bond donors (Lipinski definition) is 0. The predicted octanol–water partition coefficient (Wildman–Crippen LogP) is 2.61. The average molecular weight is 347 g/mol. The number of imide groups is 1. The molecule has 3 saturated heterocycles. The van der Waals surface area contributed by atoms with Gasteiger partial charge < -0.3 is 0 Å². The first-order chi connectivity index (χ1) is 12.6. The lowest BCUT2D eigenvalue weighted by molar-refractivity contribution is -0.131. The Morgan fingerprint density at radius 3 is 2.27 bits per heavy atom. The standard InChI is InChI=1S/C21H21N3O2/c1-21-17(19(25)24(20(21)26)16-11-6-3-7-12-16)18(15-9-4-2-5-10-15)22-13-8-14-23(21)22/h2-7,9-12,17-18H,8,13-14H2,1H3/t17-,18-,21+/m1/s1. The summed E-state index contributed by atoms with van der Waals surface area (Å²) in [5.41, 5.74) is 0.948. The van der Waals surface area contributed by atoms with Crippen molar-refractivity contribution >= 4 is 17.5 Å². The molecule has 0 bridgehead atoms. The third kappa shape index (κ3) is 1.87. The van der Waals surface area contributed by atoms with Gasteiger partial charge in [0.25, 0.3) is 5.91 Å². The number of hydrazine groups is 1. The molecule has 26 heavy (non-hydrogen) atoms. The average Bonchev–Trinajstić information content (AvgIpc) is 3.29. The third-order valence-corrected chi connectivity index (χ3v) is 6.12. The first-order valence-electron chi connectivity index (χ1n) is 9.16. The fraction of sp³-hybridized carbons (Fsp3) is 0.333. The molecule has 3 heterocycles. The number of anilines is 1. The monoisotopic (exact) mass is 347 g/mol. The molecular formula is C21H21N3O2. The third-order valence-electron chi connectivity index (χ3n) is 6.12. The SMILES string of the molecule is C[C@@]12C(=O)N(c3ccccc3)C(=O)[C@H]1[C@@H](c1ccccc1)N1CCCN12. The topological polar surface area (TPSA) is 43.9 Å². The first-order valence-corrected chi connectivity index (χ1v) is 9.16. The van der Waals surface area contributed by atoms with Crippen molar-refractivity contribution in [1.29, 1.82) is 0 Å².